The van der Waals surface area contributed by atoms with Crippen LogP contribution in [0.1, 0.15) is 25.7 Å². The number of hydrogen-bond acceptors (Lipinski definition) is 2. The second kappa shape index (κ2) is 7.54. The number of rotatable bonds is 0. The standard InChI is InChI=1S/C6H11NO.Na.H2O/c8-6-4-2-1-3-5-7-6;;/h1-5H2,(H,7,8);;1H2/q;+1;/p-1. The molecule has 0 aromatic heterocycles. The van der Waals surface area contributed by atoms with E-state index in [1.807, 2.05) is 0 Å². The van der Waals surface area contributed by atoms with Gasteiger partial charge in [0.15, 0.2) is 0 Å². The summed E-state index contributed by atoms with van der Waals surface area (Å²) in [5, 5.41) is 2.81. The van der Waals surface area contributed by atoms with E-state index in [-0.39, 0.29) is 40.9 Å². The van der Waals surface area contributed by atoms with Gasteiger partial charge in [-0.2, -0.15) is 0 Å². The second-order valence-electron chi connectivity index (χ2n) is 2.16. The summed E-state index contributed by atoms with van der Waals surface area (Å²) in [5.41, 5.74) is 0. The van der Waals surface area contributed by atoms with Gasteiger partial charge in [-0.1, -0.05) is 6.42 Å². The minimum atomic E-state index is 0. The van der Waals surface area contributed by atoms with Gasteiger partial charge in [0.1, 0.15) is 0 Å². The molecular formula is C6H12NNaO2. The monoisotopic (exact) mass is 153 g/mol. The largest absolute Gasteiger partial charge is 1.00 e. The Bertz CT molecular complexity index is 87.7. The zero-order valence-electron chi connectivity index (χ0n) is 6.39. The van der Waals surface area contributed by atoms with Crippen LogP contribution in [0.2, 0.25) is 0 Å². The van der Waals surface area contributed by atoms with Crippen molar-refractivity contribution in [3.8, 4) is 0 Å². The Kier molecular flexibility index (Phi) is 9.84. The molecule has 4 heteroatoms. The van der Waals surface area contributed by atoms with E-state index in [0.29, 0.717) is 0 Å². The second-order valence-corrected chi connectivity index (χ2v) is 2.16. The van der Waals surface area contributed by atoms with Gasteiger partial charge in [-0.05, 0) is 12.8 Å². The van der Waals surface area contributed by atoms with Crippen molar-refractivity contribution in [1.82, 2.24) is 5.32 Å². The fourth-order valence-corrected chi connectivity index (χ4v) is 0.904. The zero-order chi connectivity index (χ0) is 5.82. The molecule has 0 aromatic rings. The van der Waals surface area contributed by atoms with E-state index in [9.17, 15) is 4.79 Å². The van der Waals surface area contributed by atoms with Crippen molar-refractivity contribution >= 4 is 5.91 Å². The van der Waals surface area contributed by atoms with Gasteiger partial charge < -0.3 is 10.8 Å². The molecule has 0 saturated carbocycles. The number of hydrogen-bond donors (Lipinski definition) is 1. The van der Waals surface area contributed by atoms with Gasteiger partial charge in [-0.25, -0.2) is 0 Å². The Morgan fingerprint density at radius 1 is 1.20 bits per heavy atom. The molecule has 0 spiro atoms. The average molecular weight is 153 g/mol. The molecule has 3 nitrogen and oxygen atoms in total. The van der Waals surface area contributed by atoms with Crippen LogP contribution in [0, 0.1) is 0 Å². The normalized spacial score (nSPS) is 17.4. The number of carbonyl (C=O) groups excluding carboxylic acids is 1. The van der Waals surface area contributed by atoms with Gasteiger partial charge in [0.05, 0.1) is 0 Å². The summed E-state index contributed by atoms with van der Waals surface area (Å²) in [6, 6.07) is 0. The molecule has 1 aliphatic heterocycles. The maximum Gasteiger partial charge on any atom is 1.00 e. The molecule has 0 unspecified atom stereocenters. The van der Waals surface area contributed by atoms with Crippen LogP contribution in [0.25, 0.3) is 0 Å². The van der Waals surface area contributed by atoms with Gasteiger partial charge in [-0.3, -0.25) is 4.79 Å². The van der Waals surface area contributed by atoms with Crippen LogP contribution in [0.4, 0.5) is 0 Å². The summed E-state index contributed by atoms with van der Waals surface area (Å²) in [4.78, 5) is 10.6. The third-order valence-corrected chi connectivity index (χ3v) is 1.40. The molecule has 2 N–H and O–H groups in total. The molecule has 1 saturated heterocycles. The van der Waals surface area contributed by atoms with E-state index in [4.69, 9.17) is 0 Å². The quantitative estimate of drug-likeness (QED) is 0.391. The molecule has 1 rings (SSSR count). The topological polar surface area (TPSA) is 59.1 Å². The van der Waals surface area contributed by atoms with Gasteiger partial charge >= 0.3 is 29.6 Å². The van der Waals surface area contributed by atoms with Crippen molar-refractivity contribution in [2.24, 2.45) is 0 Å². The summed E-state index contributed by atoms with van der Waals surface area (Å²) in [5.74, 6) is 0.225. The van der Waals surface area contributed by atoms with Gasteiger partial charge in [0.25, 0.3) is 0 Å². The Hall–Kier alpha value is 0.430. The van der Waals surface area contributed by atoms with Gasteiger partial charge in [0, 0.05) is 13.0 Å². The van der Waals surface area contributed by atoms with Crippen LogP contribution in [0.3, 0.4) is 0 Å². The van der Waals surface area contributed by atoms with E-state index in [1.54, 1.807) is 0 Å². The minimum absolute atomic E-state index is 0. The van der Waals surface area contributed by atoms with Crippen LogP contribution in [0.5, 0.6) is 0 Å². The molecule has 54 valence electrons. The predicted octanol–water partition coefficient (Wildman–Crippen LogP) is -2.50. The maximum atomic E-state index is 10.6. The van der Waals surface area contributed by atoms with E-state index in [0.717, 1.165) is 25.8 Å². The fourth-order valence-electron chi connectivity index (χ4n) is 0.904. The zero-order valence-corrected chi connectivity index (χ0v) is 8.39. The first kappa shape index (κ1) is 13.1. The molecule has 1 fully saturated rings. The van der Waals surface area contributed by atoms with Crippen molar-refractivity contribution < 1.29 is 39.8 Å². The Morgan fingerprint density at radius 3 is 2.60 bits per heavy atom. The first-order valence-corrected chi connectivity index (χ1v) is 3.16. The number of carbonyl (C=O) groups is 1. The molecule has 0 bridgehead atoms. The maximum absolute atomic E-state index is 10.6. The summed E-state index contributed by atoms with van der Waals surface area (Å²) in [7, 11) is 0. The van der Waals surface area contributed by atoms with Gasteiger partial charge in [0.2, 0.25) is 5.91 Å². The Balaban J connectivity index is 0. The molecule has 1 amide bonds. The summed E-state index contributed by atoms with van der Waals surface area (Å²) in [6.07, 6.45) is 4.18. The Labute approximate surface area is 83.2 Å². The molecule has 0 radical (unpaired) electrons. The first-order chi connectivity index (χ1) is 3.89. The van der Waals surface area contributed by atoms with Crippen molar-refractivity contribution in [1.29, 1.82) is 0 Å². The van der Waals surface area contributed by atoms with E-state index < -0.39 is 0 Å². The fraction of sp³-hybridized carbons (Fsp3) is 0.833. The van der Waals surface area contributed by atoms with Crippen LogP contribution < -0.4 is 34.9 Å². The van der Waals surface area contributed by atoms with Crippen molar-refractivity contribution in [3.63, 3.8) is 0 Å². The Morgan fingerprint density at radius 2 is 1.90 bits per heavy atom. The van der Waals surface area contributed by atoms with E-state index >= 15 is 0 Å². The summed E-state index contributed by atoms with van der Waals surface area (Å²) < 4.78 is 0. The smallest absolute Gasteiger partial charge is 0.870 e. The van der Waals surface area contributed by atoms with Crippen LogP contribution in [0.15, 0.2) is 0 Å². The summed E-state index contributed by atoms with van der Waals surface area (Å²) in [6.45, 7) is 0.888. The van der Waals surface area contributed by atoms with Crippen molar-refractivity contribution in [2.45, 2.75) is 25.7 Å². The molecule has 10 heavy (non-hydrogen) atoms. The third kappa shape index (κ3) is 5.23. The van der Waals surface area contributed by atoms with Gasteiger partial charge in [-0.15, -0.1) is 0 Å². The molecule has 1 heterocycles. The molecular weight excluding hydrogens is 141 g/mol. The molecule has 1 aliphatic rings. The molecule has 0 aliphatic carbocycles. The predicted molar refractivity (Wildman–Crippen MR) is 33.4 cm³/mol. The SMILES string of the molecule is O=C1CCCCCN1.[Na+].[OH-]. The summed E-state index contributed by atoms with van der Waals surface area (Å²) >= 11 is 0. The first-order valence-electron chi connectivity index (χ1n) is 3.16. The van der Waals surface area contributed by atoms with Crippen molar-refractivity contribution in [3.05, 3.63) is 0 Å². The third-order valence-electron chi connectivity index (χ3n) is 1.40. The number of amides is 1. The van der Waals surface area contributed by atoms with Crippen molar-refractivity contribution in [2.75, 3.05) is 6.54 Å². The van der Waals surface area contributed by atoms with Crippen LogP contribution in [-0.2, 0) is 4.79 Å². The van der Waals surface area contributed by atoms with E-state index in [1.165, 1.54) is 6.42 Å². The minimum Gasteiger partial charge on any atom is -0.870 e. The number of nitrogens with one attached hydrogen (secondary N) is 1. The molecule has 0 atom stereocenters. The average Bonchev–Trinajstić information content (AvgIpc) is 1.94. The van der Waals surface area contributed by atoms with Crippen LogP contribution >= 0.6 is 0 Å². The molecule has 0 aromatic carbocycles. The van der Waals surface area contributed by atoms with Crippen LogP contribution in [-0.4, -0.2) is 17.9 Å². The van der Waals surface area contributed by atoms with E-state index in [2.05, 4.69) is 5.32 Å².